The van der Waals surface area contributed by atoms with Gasteiger partial charge >= 0.3 is 6.09 Å². The molecule has 0 aliphatic heterocycles. The SMILES string of the molecule is CC(NC1CC(NC(=O)OC(C)(C)C)C1)c1ccc(F)cc1. The lowest BCUT2D eigenvalue weighted by molar-refractivity contribution is 0.0463. The number of carbonyl (C=O) groups excluding carboxylic acids is 1. The van der Waals surface area contributed by atoms with Crippen molar-refractivity contribution in [2.45, 2.75) is 64.3 Å². The van der Waals surface area contributed by atoms with E-state index in [-0.39, 0.29) is 24.0 Å². The molecule has 1 aromatic carbocycles. The van der Waals surface area contributed by atoms with Gasteiger partial charge in [-0.1, -0.05) is 12.1 Å². The smallest absolute Gasteiger partial charge is 0.407 e. The summed E-state index contributed by atoms with van der Waals surface area (Å²) in [5, 5.41) is 6.36. The maximum absolute atomic E-state index is 12.9. The Labute approximate surface area is 131 Å². The Hall–Kier alpha value is -1.62. The second kappa shape index (κ2) is 6.65. The van der Waals surface area contributed by atoms with Gasteiger partial charge in [0.25, 0.3) is 0 Å². The van der Waals surface area contributed by atoms with E-state index in [1.54, 1.807) is 12.1 Å². The minimum absolute atomic E-state index is 0.160. The Balaban J connectivity index is 1.71. The van der Waals surface area contributed by atoms with Gasteiger partial charge in [0.2, 0.25) is 0 Å². The second-order valence-electron chi connectivity index (χ2n) is 6.95. The van der Waals surface area contributed by atoms with Gasteiger partial charge in [-0.15, -0.1) is 0 Å². The van der Waals surface area contributed by atoms with Crippen molar-refractivity contribution in [3.63, 3.8) is 0 Å². The summed E-state index contributed by atoms with van der Waals surface area (Å²) < 4.78 is 18.1. The highest BCUT2D eigenvalue weighted by atomic mass is 19.1. The van der Waals surface area contributed by atoms with Gasteiger partial charge in [0.05, 0.1) is 0 Å². The number of nitrogens with one attached hydrogen (secondary N) is 2. The molecular weight excluding hydrogens is 283 g/mol. The van der Waals surface area contributed by atoms with E-state index in [1.807, 2.05) is 20.8 Å². The molecule has 1 aliphatic carbocycles. The fraction of sp³-hybridized carbons (Fsp3) is 0.588. The Morgan fingerprint density at radius 2 is 1.82 bits per heavy atom. The summed E-state index contributed by atoms with van der Waals surface area (Å²) in [7, 11) is 0. The molecule has 0 spiro atoms. The molecule has 122 valence electrons. The minimum Gasteiger partial charge on any atom is -0.444 e. The number of alkyl carbamates (subject to hydrolysis) is 1. The molecule has 5 heteroatoms. The van der Waals surface area contributed by atoms with E-state index in [1.165, 1.54) is 12.1 Å². The Bertz CT molecular complexity index is 504. The summed E-state index contributed by atoms with van der Waals surface area (Å²) in [4.78, 5) is 11.7. The lowest BCUT2D eigenvalue weighted by Gasteiger charge is -2.38. The van der Waals surface area contributed by atoms with Crippen molar-refractivity contribution < 1.29 is 13.9 Å². The van der Waals surface area contributed by atoms with Gasteiger partial charge in [-0.2, -0.15) is 0 Å². The quantitative estimate of drug-likeness (QED) is 0.894. The van der Waals surface area contributed by atoms with Crippen LogP contribution in [0, 0.1) is 5.82 Å². The van der Waals surface area contributed by atoms with Crippen LogP contribution in [0.4, 0.5) is 9.18 Å². The number of amides is 1. The molecule has 4 nitrogen and oxygen atoms in total. The van der Waals surface area contributed by atoms with Crippen LogP contribution in [0.3, 0.4) is 0 Å². The van der Waals surface area contributed by atoms with Gasteiger partial charge in [0.15, 0.2) is 0 Å². The van der Waals surface area contributed by atoms with E-state index in [0.717, 1.165) is 18.4 Å². The van der Waals surface area contributed by atoms with E-state index >= 15 is 0 Å². The highest BCUT2D eigenvalue weighted by molar-refractivity contribution is 5.68. The normalized spacial score (nSPS) is 22.6. The second-order valence-corrected chi connectivity index (χ2v) is 6.95. The predicted molar refractivity (Wildman–Crippen MR) is 84.1 cm³/mol. The van der Waals surface area contributed by atoms with Gasteiger partial charge in [-0.3, -0.25) is 0 Å². The Morgan fingerprint density at radius 1 is 1.23 bits per heavy atom. The molecule has 0 bridgehead atoms. The summed E-state index contributed by atoms with van der Waals surface area (Å²) in [6, 6.07) is 7.22. The van der Waals surface area contributed by atoms with Crippen molar-refractivity contribution in [3.05, 3.63) is 35.6 Å². The summed E-state index contributed by atoms with van der Waals surface area (Å²) in [5.41, 5.74) is 0.590. The molecular formula is C17H25FN2O2. The molecule has 0 radical (unpaired) electrons. The Morgan fingerprint density at radius 3 is 2.36 bits per heavy atom. The number of benzene rings is 1. The molecule has 1 saturated carbocycles. The number of hydrogen-bond donors (Lipinski definition) is 2. The molecule has 1 amide bonds. The van der Waals surface area contributed by atoms with Gasteiger partial charge < -0.3 is 15.4 Å². The topological polar surface area (TPSA) is 50.4 Å². The third-order valence-corrected chi connectivity index (χ3v) is 3.71. The molecule has 1 atom stereocenters. The number of carbonyl (C=O) groups is 1. The average molecular weight is 308 g/mol. The van der Waals surface area contributed by atoms with Crippen LogP contribution in [-0.4, -0.2) is 23.8 Å². The molecule has 1 unspecified atom stereocenters. The molecule has 0 heterocycles. The fourth-order valence-electron chi connectivity index (χ4n) is 2.55. The van der Waals surface area contributed by atoms with E-state index in [9.17, 15) is 9.18 Å². The lowest BCUT2D eigenvalue weighted by Crippen LogP contribution is -2.53. The first-order valence-electron chi connectivity index (χ1n) is 7.74. The average Bonchev–Trinajstić information content (AvgIpc) is 2.34. The van der Waals surface area contributed by atoms with Gasteiger partial charge in [-0.25, -0.2) is 9.18 Å². The molecule has 1 aliphatic rings. The monoisotopic (exact) mass is 308 g/mol. The van der Waals surface area contributed by atoms with Gasteiger partial charge in [0, 0.05) is 18.1 Å². The summed E-state index contributed by atoms with van der Waals surface area (Å²) in [5.74, 6) is -0.221. The molecule has 0 saturated heterocycles. The zero-order valence-electron chi connectivity index (χ0n) is 13.7. The van der Waals surface area contributed by atoms with Crippen molar-refractivity contribution in [1.29, 1.82) is 0 Å². The van der Waals surface area contributed by atoms with Crippen LogP contribution in [0.2, 0.25) is 0 Å². The van der Waals surface area contributed by atoms with Crippen LogP contribution >= 0.6 is 0 Å². The number of hydrogen-bond acceptors (Lipinski definition) is 3. The standard InChI is InChI=1S/C17H25FN2O2/c1-11(12-5-7-13(18)8-6-12)19-14-9-15(10-14)20-16(21)22-17(2,3)4/h5-8,11,14-15,19H,9-10H2,1-4H3,(H,20,21). The lowest BCUT2D eigenvalue weighted by atomic mass is 9.86. The van der Waals surface area contributed by atoms with Crippen LogP contribution in [-0.2, 0) is 4.74 Å². The molecule has 22 heavy (non-hydrogen) atoms. The van der Waals surface area contributed by atoms with Crippen LogP contribution < -0.4 is 10.6 Å². The van der Waals surface area contributed by atoms with E-state index in [4.69, 9.17) is 4.74 Å². The number of rotatable bonds is 4. The largest absolute Gasteiger partial charge is 0.444 e. The zero-order valence-corrected chi connectivity index (χ0v) is 13.7. The summed E-state index contributed by atoms with van der Waals surface area (Å²) in [6.45, 7) is 7.61. The van der Waals surface area contributed by atoms with Crippen molar-refractivity contribution in [3.8, 4) is 0 Å². The third-order valence-electron chi connectivity index (χ3n) is 3.71. The Kier molecular flexibility index (Phi) is 5.06. The first-order chi connectivity index (χ1) is 10.2. The fourth-order valence-corrected chi connectivity index (χ4v) is 2.55. The van der Waals surface area contributed by atoms with E-state index < -0.39 is 5.60 Å². The summed E-state index contributed by atoms with van der Waals surface area (Å²) in [6.07, 6.45) is 1.40. The van der Waals surface area contributed by atoms with Crippen LogP contribution in [0.15, 0.2) is 24.3 Å². The van der Waals surface area contributed by atoms with Crippen LogP contribution in [0.25, 0.3) is 0 Å². The third kappa shape index (κ3) is 4.98. The predicted octanol–water partition coefficient (Wildman–Crippen LogP) is 3.53. The van der Waals surface area contributed by atoms with E-state index in [0.29, 0.717) is 6.04 Å². The molecule has 2 N–H and O–H groups in total. The summed E-state index contributed by atoms with van der Waals surface area (Å²) >= 11 is 0. The number of halogens is 1. The first-order valence-corrected chi connectivity index (χ1v) is 7.74. The molecule has 1 fully saturated rings. The van der Waals surface area contributed by atoms with Gasteiger partial charge in [-0.05, 0) is 58.2 Å². The van der Waals surface area contributed by atoms with Crippen molar-refractivity contribution in [1.82, 2.24) is 10.6 Å². The van der Waals surface area contributed by atoms with Crippen molar-refractivity contribution in [2.75, 3.05) is 0 Å². The van der Waals surface area contributed by atoms with Gasteiger partial charge in [0.1, 0.15) is 11.4 Å². The maximum Gasteiger partial charge on any atom is 0.407 e. The number of ether oxygens (including phenoxy) is 1. The molecule has 1 aromatic rings. The highest BCUT2D eigenvalue weighted by Crippen LogP contribution is 2.24. The highest BCUT2D eigenvalue weighted by Gasteiger charge is 2.32. The van der Waals surface area contributed by atoms with Crippen LogP contribution in [0.1, 0.15) is 52.1 Å². The van der Waals surface area contributed by atoms with E-state index in [2.05, 4.69) is 17.6 Å². The minimum atomic E-state index is -0.470. The van der Waals surface area contributed by atoms with Crippen LogP contribution in [0.5, 0.6) is 0 Å². The van der Waals surface area contributed by atoms with Crippen molar-refractivity contribution in [2.24, 2.45) is 0 Å². The molecule has 2 rings (SSSR count). The zero-order chi connectivity index (χ0) is 16.3. The maximum atomic E-state index is 12.9. The van der Waals surface area contributed by atoms with Crippen molar-refractivity contribution >= 4 is 6.09 Å². The molecule has 0 aromatic heterocycles. The first kappa shape index (κ1) is 16.7.